The molecule has 2 amide bonds. The van der Waals surface area contributed by atoms with Crippen LogP contribution in [0, 0.1) is 13.8 Å². The molecule has 1 aliphatic heterocycles. The number of piperazine rings is 1. The molecular weight excluding hydrogens is 330 g/mol. The van der Waals surface area contributed by atoms with Crippen molar-refractivity contribution >= 4 is 23.4 Å². The van der Waals surface area contributed by atoms with Crippen molar-refractivity contribution in [3.8, 4) is 0 Å². The molecule has 1 N–H and O–H groups in total. The summed E-state index contributed by atoms with van der Waals surface area (Å²) in [4.78, 5) is 26.8. The van der Waals surface area contributed by atoms with Crippen LogP contribution >= 0.6 is 11.6 Å². The fourth-order valence-corrected chi connectivity index (χ4v) is 3.19. The normalized spacial score (nSPS) is 17.7. The van der Waals surface area contributed by atoms with E-state index in [4.69, 9.17) is 16.1 Å². The molecule has 7 heteroatoms. The maximum Gasteiger partial charge on any atom is 0.247 e. The molecule has 0 bridgehead atoms. The van der Waals surface area contributed by atoms with Gasteiger partial charge in [0.15, 0.2) is 0 Å². The Labute approximate surface area is 144 Å². The third kappa shape index (κ3) is 3.01. The van der Waals surface area contributed by atoms with E-state index in [9.17, 15) is 9.59 Å². The van der Waals surface area contributed by atoms with Crippen molar-refractivity contribution in [1.29, 1.82) is 0 Å². The number of aryl methyl sites for hydroxylation is 2. The predicted octanol–water partition coefficient (Wildman–Crippen LogP) is 2.19. The first-order chi connectivity index (χ1) is 11.5. The second-order valence-corrected chi connectivity index (χ2v) is 6.19. The number of benzene rings is 1. The van der Waals surface area contributed by atoms with Crippen LogP contribution in [0.25, 0.3) is 0 Å². The lowest BCUT2D eigenvalue weighted by atomic mass is 10.0. The van der Waals surface area contributed by atoms with Gasteiger partial charge in [-0.15, -0.1) is 0 Å². The lowest BCUT2D eigenvalue weighted by Crippen LogP contribution is -2.52. The number of halogens is 1. The molecule has 0 unspecified atom stereocenters. The molecule has 1 fully saturated rings. The van der Waals surface area contributed by atoms with E-state index in [2.05, 4.69) is 10.5 Å². The summed E-state index contributed by atoms with van der Waals surface area (Å²) in [6.45, 7) is 4.43. The van der Waals surface area contributed by atoms with Crippen molar-refractivity contribution in [3.05, 3.63) is 51.9 Å². The van der Waals surface area contributed by atoms with Crippen molar-refractivity contribution in [2.75, 3.05) is 13.1 Å². The van der Waals surface area contributed by atoms with E-state index in [1.54, 1.807) is 43.0 Å². The fraction of sp³-hybridized carbons (Fsp3) is 0.353. The highest BCUT2D eigenvalue weighted by atomic mass is 35.5. The Balaban J connectivity index is 1.91. The predicted molar refractivity (Wildman–Crippen MR) is 88.6 cm³/mol. The van der Waals surface area contributed by atoms with Crippen molar-refractivity contribution in [2.24, 2.45) is 0 Å². The van der Waals surface area contributed by atoms with E-state index in [1.165, 1.54) is 0 Å². The molecule has 3 rings (SSSR count). The molecular formula is C17H18ClN3O3. The molecule has 1 aromatic heterocycles. The van der Waals surface area contributed by atoms with Crippen LogP contribution in [0.4, 0.5) is 0 Å². The van der Waals surface area contributed by atoms with E-state index < -0.39 is 6.04 Å². The molecule has 0 spiro atoms. The van der Waals surface area contributed by atoms with E-state index in [0.717, 1.165) is 5.56 Å². The third-order valence-electron chi connectivity index (χ3n) is 4.24. The average molecular weight is 348 g/mol. The van der Waals surface area contributed by atoms with Crippen LogP contribution in [-0.4, -0.2) is 35.0 Å². The molecule has 1 aliphatic rings. The van der Waals surface area contributed by atoms with E-state index in [0.29, 0.717) is 35.1 Å². The van der Waals surface area contributed by atoms with Gasteiger partial charge >= 0.3 is 0 Å². The first-order valence-electron chi connectivity index (χ1n) is 7.72. The molecule has 1 aromatic carbocycles. The standard InChI is InChI=1S/C17H18ClN3O3/c1-10-13(11(2)24-20-10)9-15(22)21-8-7-19-17(23)16(21)12-5-3-4-6-14(12)18/h3-6,16H,7-9H2,1-2H3,(H,19,23)/t16-/m1/s1. The van der Waals surface area contributed by atoms with Gasteiger partial charge in [-0.25, -0.2) is 0 Å². The van der Waals surface area contributed by atoms with Crippen LogP contribution in [-0.2, 0) is 16.0 Å². The van der Waals surface area contributed by atoms with Crippen LogP contribution in [0.2, 0.25) is 5.02 Å². The Hall–Kier alpha value is -2.34. The van der Waals surface area contributed by atoms with Gasteiger partial charge in [0.05, 0.1) is 12.1 Å². The minimum atomic E-state index is -0.722. The lowest BCUT2D eigenvalue weighted by molar-refractivity contribution is -0.143. The summed E-state index contributed by atoms with van der Waals surface area (Å²) >= 11 is 6.24. The minimum absolute atomic E-state index is 0.148. The average Bonchev–Trinajstić information content (AvgIpc) is 2.87. The number of nitrogens with zero attached hydrogens (tertiary/aromatic N) is 2. The number of carbonyl (C=O) groups excluding carboxylic acids is 2. The summed E-state index contributed by atoms with van der Waals surface area (Å²) in [5, 5.41) is 7.14. The second kappa shape index (κ2) is 6.65. The zero-order valence-electron chi connectivity index (χ0n) is 13.5. The number of amides is 2. The molecule has 2 heterocycles. The summed E-state index contributed by atoms with van der Waals surface area (Å²) in [7, 11) is 0. The zero-order chi connectivity index (χ0) is 17.3. The molecule has 0 saturated carbocycles. The maximum absolute atomic E-state index is 12.8. The van der Waals surface area contributed by atoms with Crippen LogP contribution in [0.5, 0.6) is 0 Å². The third-order valence-corrected chi connectivity index (χ3v) is 4.59. The van der Waals surface area contributed by atoms with Crippen LogP contribution in [0.3, 0.4) is 0 Å². The zero-order valence-corrected chi connectivity index (χ0v) is 14.3. The van der Waals surface area contributed by atoms with Gasteiger partial charge < -0.3 is 14.7 Å². The highest BCUT2D eigenvalue weighted by Crippen LogP contribution is 2.30. The number of rotatable bonds is 3. The molecule has 2 aromatic rings. The van der Waals surface area contributed by atoms with Gasteiger partial charge in [0.2, 0.25) is 11.8 Å². The largest absolute Gasteiger partial charge is 0.361 e. The Morgan fingerprint density at radius 3 is 2.83 bits per heavy atom. The molecule has 126 valence electrons. The van der Waals surface area contributed by atoms with Gasteiger partial charge in [0.25, 0.3) is 0 Å². The fourth-order valence-electron chi connectivity index (χ4n) is 2.95. The maximum atomic E-state index is 12.8. The number of aromatic nitrogens is 1. The minimum Gasteiger partial charge on any atom is -0.361 e. The van der Waals surface area contributed by atoms with Crippen molar-refractivity contribution < 1.29 is 14.1 Å². The molecule has 1 atom stereocenters. The quantitative estimate of drug-likeness (QED) is 0.923. The smallest absolute Gasteiger partial charge is 0.247 e. The molecule has 1 saturated heterocycles. The lowest BCUT2D eigenvalue weighted by Gasteiger charge is -2.35. The monoisotopic (exact) mass is 347 g/mol. The van der Waals surface area contributed by atoms with Gasteiger partial charge in [-0.3, -0.25) is 9.59 Å². The van der Waals surface area contributed by atoms with E-state index >= 15 is 0 Å². The van der Waals surface area contributed by atoms with Crippen molar-refractivity contribution in [3.63, 3.8) is 0 Å². The van der Waals surface area contributed by atoms with Crippen molar-refractivity contribution in [1.82, 2.24) is 15.4 Å². The van der Waals surface area contributed by atoms with Crippen LogP contribution in [0.15, 0.2) is 28.8 Å². The summed E-state index contributed by atoms with van der Waals surface area (Å²) in [6, 6.07) is 6.37. The number of nitrogens with one attached hydrogen (secondary N) is 1. The topological polar surface area (TPSA) is 75.4 Å². The first kappa shape index (κ1) is 16.5. The second-order valence-electron chi connectivity index (χ2n) is 5.78. The van der Waals surface area contributed by atoms with Gasteiger partial charge in [-0.05, 0) is 19.9 Å². The highest BCUT2D eigenvalue weighted by Gasteiger charge is 2.35. The van der Waals surface area contributed by atoms with Gasteiger partial charge in [0.1, 0.15) is 11.8 Å². The van der Waals surface area contributed by atoms with E-state index in [-0.39, 0.29) is 18.2 Å². The van der Waals surface area contributed by atoms with Gasteiger partial charge in [-0.1, -0.05) is 35.0 Å². The SMILES string of the molecule is Cc1noc(C)c1CC(=O)N1CCNC(=O)[C@H]1c1ccccc1Cl. The summed E-state index contributed by atoms with van der Waals surface area (Å²) in [6.07, 6.45) is 0.148. The number of hydrogen-bond donors (Lipinski definition) is 1. The Bertz CT molecular complexity index is 768. The Morgan fingerprint density at radius 2 is 2.17 bits per heavy atom. The Kier molecular flexibility index (Phi) is 4.57. The molecule has 0 aliphatic carbocycles. The van der Waals surface area contributed by atoms with Gasteiger partial charge in [0, 0.05) is 29.2 Å². The molecule has 24 heavy (non-hydrogen) atoms. The highest BCUT2D eigenvalue weighted by molar-refractivity contribution is 6.31. The summed E-state index contributed by atoms with van der Waals surface area (Å²) in [5.41, 5.74) is 2.09. The van der Waals surface area contributed by atoms with Crippen LogP contribution in [0.1, 0.15) is 28.6 Å². The van der Waals surface area contributed by atoms with E-state index in [1.807, 2.05) is 0 Å². The summed E-state index contributed by atoms with van der Waals surface area (Å²) < 4.78 is 5.11. The van der Waals surface area contributed by atoms with Crippen molar-refractivity contribution in [2.45, 2.75) is 26.3 Å². The van der Waals surface area contributed by atoms with Crippen LogP contribution < -0.4 is 5.32 Å². The number of carbonyl (C=O) groups is 2. The number of hydrogen-bond acceptors (Lipinski definition) is 4. The molecule has 0 radical (unpaired) electrons. The Morgan fingerprint density at radius 1 is 1.42 bits per heavy atom. The van der Waals surface area contributed by atoms with Gasteiger partial charge in [-0.2, -0.15) is 0 Å². The first-order valence-corrected chi connectivity index (χ1v) is 8.10. The summed E-state index contributed by atoms with van der Waals surface area (Å²) in [5.74, 6) is 0.252. The molecule has 6 nitrogen and oxygen atoms in total.